The van der Waals surface area contributed by atoms with Gasteiger partial charge >= 0.3 is 5.69 Å². The van der Waals surface area contributed by atoms with Gasteiger partial charge in [0.2, 0.25) is 5.72 Å². The van der Waals surface area contributed by atoms with Crippen LogP contribution in [-0.2, 0) is 4.74 Å². The Morgan fingerprint density at radius 3 is 2.68 bits per heavy atom. The number of nitrogens with one attached hydrogen (secondary N) is 1. The van der Waals surface area contributed by atoms with Crippen molar-refractivity contribution in [2.24, 2.45) is 4.99 Å². The van der Waals surface area contributed by atoms with E-state index in [0.717, 1.165) is 16.8 Å². The first-order chi connectivity index (χ1) is 8.95. The minimum absolute atomic E-state index is 0.607. The molecule has 0 spiro atoms. The number of aromatic nitrogens is 2. The van der Waals surface area contributed by atoms with Crippen LogP contribution in [0.15, 0.2) is 26.8 Å². The van der Waals surface area contributed by atoms with Crippen LogP contribution in [-0.4, -0.2) is 56.1 Å². The minimum Gasteiger partial charge on any atom is -0.391 e. The molecule has 1 saturated heterocycles. The lowest BCUT2D eigenvalue weighted by molar-refractivity contribution is -0.123. The van der Waals surface area contributed by atoms with E-state index >= 15 is 0 Å². The van der Waals surface area contributed by atoms with Gasteiger partial charge in [-0.15, -0.1) is 0 Å². The van der Waals surface area contributed by atoms with Crippen molar-refractivity contribution in [3.63, 3.8) is 0 Å². The predicted molar refractivity (Wildman–Crippen MR) is 62.8 cm³/mol. The Bertz CT molecular complexity index is 595. The van der Waals surface area contributed by atoms with Gasteiger partial charge in [-0.25, -0.2) is 4.79 Å². The lowest BCUT2D eigenvalue weighted by Gasteiger charge is -2.24. The third kappa shape index (κ3) is 2.02. The number of nitrogens with zero attached hydrogens (tertiary/aromatic N) is 2. The normalized spacial score (nSPS) is 34.4. The number of hydrogen-bond acceptors (Lipinski definition) is 7. The van der Waals surface area contributed by atoms with Crippen molar-refractivity contribution in [3.05, 3.63) is 33.1 Å². The summed E-state index contributed by atoms with van der Waals surface area (Å²) in [5.41, 5.74) is -3.23. The second kappa shape index (κ2) is 4.70. The van der Waals surface area contributed by atoms with Crippen molar-refractivity contribution in [2.75, 3.05) is 6.61 Å². The Balaban J connectivity index is 2.45. The van der Waals surface area contributed by atoms with Crippen molar-refractivity contribution in [3.8, 4) is 0 Å². The standard InChI is InChI=1S/C10H13N3O6/c1-11-10(4-14)7(17)6(16)8(19-10)13-3-2-5(15)12-9(13)18/h2-3,6-8,14,16-17H,1,4H2,(H,12,15,18)/t6-,7+,8-,10-/m1/s1. The predicted octanol–water partition coefficient (Wildman–Crippen LogP) is -2.82. The van der Waals surface area contributed by atoms with Crippen LogP contribution in [0, 0.1) is 0 Å². The van der Waals surface area contributed by atoms with E-state index in [1.54, 1.807) is 0 Å². The van der Waals surface area contributed by atoms with E-state index in [0.29, 0.717) is 0 Å². The molecule has 4 atom stereocenters. The number of aromatic amines is 1. The summed E-state index contributed by atoms with van der Waals surface area (Å²) < 4.78 is 6.13. The highest BCUT2D eigenvalue weighted by Crippen LogP contribution is 2.36. The summed E-state index contributed by atoms with van der Waals surface area (Å²) in [5, 5.41) is 28.9. The third-order valence-corrected chi connectivity index (χ3v) is 3.02. The number of aliphatic hydroxyl groups is 3. The molecule has 0 unspecified atom stereocenters. The molecule has 4 N–H and O–H groups in total. The first-order valence-corrected chi connectivity index (χ1v) is 5.39. The summed E-state index contributed by atoms with van der Waals surface area (Å²) in [5.74, 6) is 0. The molecule has 9 heteroatoms. The van der Waals surface area contributed by atoms with Gasteiger partial charge in [-0.1, -0.05) is 0 Å². The van der Waals surface area contributed by atoms with Crippen molar-refractivity contribution in [1.82, 2.24) is 9.55 Å². The fourth-order valence-electron chi connectivity index (χ4n) is 1.93. The molecule has 0 aliphatic carbocycles. The summed E-state index contributed by atoms with van der Waals surface area (Å²) in [4.78, 5) is 28.0. The van der Waals surface area contributed by atoms with Crippen LogP contribution in [0.25, 0.3) is 0 Å². The number of H-pyrrole nitrogens is 1. The van der Waals surface area contributed by atoms with Gasteiger partial charge < -0.3 is 20.1 Å². The number of hydrogen-bond donors (Lipinski definition) is 4. The van der Waals surface area contributed by atoms with Crippen molar-refractivity contribution >= 4 is 6.72 Å². The second-order valence-corrected chi connectivity index (χ2v) is 4.12. The van der Waals surface area contributed by atoms with E-state index in [1.165, 1.54) is 0 Å². The van der Waals surface area contributed by atoms with Gasteiger partial charge in [-0.2, -0.15) is 0 Å². The molecule has 0 saturated carbocycles. The molecule has 1 aliphatic heterocycles. The highest BCUT2D eigenvalue weighted by atomic mass is 16.6. The molecule has 0 amide bonds. The smallest absolute Gasteiger partial charge is 0.330 e. The largest absolute Gasteiger partial charge is 0.391 e. The fourth-order valence-corrected chi connectivity index (χ4v) is 1.93. The summed E-state index contributed by atoms with van der Waals surface area (Å²) >= 11 is 0. The Labute approximate surface area is 106 Å². The number of aliphatic imine (C=N–C) groups is 1. The lowest BCUT2D eigenvalue weighted by Crippen LogP contribution is -2.44. The number of ether oxygens (including phenoxy) is 1. The quantitative estimate of drug-likeness (QED) is 0.437. The molecule has 0 aromatic carbocycles. The molecule has 1 aromatic rings. The second-order valence-electron chi connectivity index (χ2n) is 4.12. The van der Waals surface area contributed by atoms with Gasteiger partial charge in [0.25, 0.3) is 5.56 Å². The lowest BCUT2D eigenvalue weighted by atomic mass is 10.1. The maximum atomic E-state index is 11.6. The van der Waals surface area contributed by atoms with Crippen LogP contribution in [0.4, 0.5) is 0 Å². The summed E-state index contributed by atoms with van der Waals surface area (Å²) in [6.45, 7) is 2.46. The average Bonchev–Trinajstić information content (AvgIpc) is 2.64. The van der Waals surface area contributed by atoms with Crippen LogP contribution in [0.3, 0.4) is 0 Å². The maximum absolute atomic E-state index is 11.6. The molecule has 1 fully saturated rings. The first-order valence-electron chi connectivity index (χ1n) is 5.39. The number of aliphatic hydroxyl groups excluding tert-OH is 3. The van der Waals surface area contributed by atoms with Gasteiger partial charge in [0.1, 0.15) is 12.2 Å². The molecule has 1 aliphatic rings. The van der Waals surface area contributed by atoms with Crippen molar-refractivity contribution in [2.45, 2.75) is 24.2 Å². The molecule has 104 valence electrons. The van der Waals surface area contributed by atoms with E-state index in [2.05, 4.69) is 11.7 Å². The molecule has 0 radical (unpaired) electrons. The Hall–Kier alpha value is -1.81. The van der Waals surface area contributed by atoms with Crippen LogP contribution < -0.4 is 11.2 Å². The third-order valence-electron chi connectivity index (χ3n) is 3.02. The van der Waals surface area contributed by atoms with E-state index in [1.807, 2.05) is 4.98 Å². The zero-order chi connectivity index (χ0) is 14.2. The van der Waals surface area contributed by atoms with Gasteiger partial charge in [0, 0.05) is 12.3 Å². The van der Waals surface area contributed by atoms with Gasteiger partial charge in [0.05, 0.1) is 6.61 Å². The van der Waals surface area contributed by atoms with Gasteiger partial charge in [0.15, 0.2) is 6.23 Å². The molecule has 1 aromatic heterocycles. The highest BCUT2D eigenvalue weighted by molar-refractivity contribution is 5.26. The van der Waals surface area contributed by atoms with Crippen molar-refractivity contribution < 1.29 is 20.1 Å². The van der Waals surface area contributed by atoms with E-state index < -0.39 is 42.0 Å². The van der Waals surface area contributed by atoms with Gasteiger partial charge in [-0.05, 0) is 6.72 Å². The van der Waals surface area contributed by atoms with Gasteiger partial charge in [-0.3, -0.25) is 19.3 Å². The SMILES string of the molecule is C=N[C@]1(CO)O[C@@H](n2ccc(=O)[nH]c2=O)[C@H](O)[C@@H]1O. The topological polar surface area (TPSA) is 137 Å². The first kappa shape index (κ1) is 13.6. The Kier molecular flexibility index (Phi) is 3.37. The zero-order valence-electron chi connectivity index (χ0n) is 9.76. The highest BCUT2D eigenvalue weighted by Gasteiger charge is 2.54. The van der Waals surface area contributed by atoms with Crippen LogP contribution >= 0.6 is 0 Å². The molecule has 2 heterocycles. The zero-order valence-corrected chi connectivity index (χ0v) is 9.76. The van der Waals surface area contributed by atoms with E-state index in [9.17, 15) is 24.9 Å². The van der Waals surface area contributed by atoms with Crippen molar-refractivity contribution in [1.29, 1.82) is 0 Å². The van der Waals surface area contributed by atoms with E-state index in [-0.39, 0.29) is 0 Å². The fraction of sp³-hybridized carbons (Fsp3) is 0.500. The summed E-state index contributed by atoms with van der Waals surface area (Å²) in [6.07, 6.45) is -3.25. The molecular formula is C10H13N3O6. The van der Waals surface area contributed by atoms with Crippen LogP contribution in [0.2, 0.25) is 0 Å². The summed E-state index contributed by atoms with van der Waals surface area (Å²) in [7, 11) is 0. The Morgan fingerprint density at radius 1 is 1.53 bits per heavy atom. The summed E-state index contributed by atoms with van der Waals surface area (Å²) in [6, 6.07) is 1.06. The van der Waals surface area contributed by atoms with Crippen LogP contribution in [0.5, 0.6) is 0 Å². The maximum Gasteiger partial charge on any atom is 0.330 e. The molecule has 19 heavy (non-hydrogen) atoms. The molecular weight excluding hydrogens is 258 g/mol. The monoisotopic (exact) mass is 271 g/mol. The molecule has 0 bridgehead atoms. The van der Waals surface area contributed by atoms with Crippen LogP contribution in [0.1, 0.15) is 6.23 Å². The molecule has 2 rings (SSSR count). The number of rotatable bonds is 3. The van der Waals surface area contributed by atoms with E-state index in [4.69, 9.17) is 4.74 Å². The average molecular weight is 271 g/mol. The molecule has 9 nitrogen and oxygen atoms in total. The minimum atomic E-state index is -1.81. The Morgan fingerprint density at radius 2 is 2.21 bits per heavy atom.